The van der Waals surface area contributed by atoms with Crippen LogP contribution in [0.25, 0.3) is 55.3 Å². The summed E-state index contributed by atoms with van der Waals surface area (Å²) in [4.78, 5) is 2.50. The Balaban J connectivity index is 1.13. The number of furan rings is 1. The van der Waals surface area contributed by atoms with E-state index in [-0.39, 0.29) is 10.8 Å². The minimum absolute atomic E-state index is 0.110. The van der Waals surface area contributed by atoms with Gasteiger partial charge in [-0.15, -0.1) is 0 Å². The number of rotatable bonds is 5. The zero-order valence-corrected chi connectivity index (χ0v) is 36.6. The van der Waals surface area contributed by atoms with E-state index in [0.29, 0.717) is 5.92 Å². The van der Waals surface area contributed by atoms with E-state index >= 15 is 0 Å². The van der Waals surface area contributed by atoms with Crippen LogP contribution in [0.15, 0.2) is 144 Å². The molecule has 1 saturated carbocycles. The van der Waals surface area contributed by atoms with Crippen molar-refractivity contribution in [2.75, 3.05) is 4.90 Å². The Morgan fingerprint density at radius 3 is 1.98 bits per heavy atom. The molecule has 0 unspecified atom stereocenters. The number of nitrogens with zero attached hydrogens (tertiary/aromatic N) is 1. The number of anilines is 3. The van der Waals surface area contributed by atoms with Crippen molar-refractivity contribution in [2.24, 2.45) is 0 Å². The van der Waals surface area contributed by atoms with Crippen molar-refractivity contribution in [3.05, 3.63) is 173 Å². The van der Waals surface area contributed by atoms with Crippen LogP contribution in [0.2, 0.25) is 0 Å². The third-order valence-electron chi connectivity index (χ3n) is 14.6. The van der Waals surface area contributed by atoms with Crippen molar-refractivity contribution in [3.63, 3.8) is 0 Å². The molecule has 1 fully saturated rings. The van der Waals surface area contributed by atoms with Crippen LogP contribution in [0.1, 0.15) is 119 Å². The Bertz CT molecular complexity index is 2960. The van der Waals surface area contributed by atoms with Crippen LogP contribution in [-0.4, -0.2) is 0 Å². The average Bonchev–Trinajstić information content (AvgIpc) is 3.77. The van der Waals surface area contributed by atoms with Crippen molar-refractivity contribution in [3.8, 4) is 33.4 Å². The summed E-state index contributed by atoms with van der Waals surface area (Å²) >= 11 is 0. The maximum Gasteiger partial charge on any atom is 0.159 e. The highest BCUT2D eigenvalue weighted by Gasteiger charge is 2.36. The van der Waals surface area contributed by atoms with Crippen LogP contribution < -0.4 is 4.90 Å². The molecule has 304 valence electrons. The quantitative estimate of drug-likeness (QED) is 0.173. The van der Waals surface area contributed by atoms with Gasteiger partial charge in [-0.3, -0.25) is 0 Å². The molecule has 0 spiro atoms. The summed E-state index contributed by atoms with van der Waals surface area (Å²) in [6.07, 6.45) is 10.9. The molecule has 7 aromatic carbocycles. The molecule has 3 aliphatic carbocycles. The number of hydrogen-bond donors (Lipinski definition) is 0. The molecule has 0 amide bonds. The first-order chi connectivity index (χ1) is 29.6. The summed E-state index contributed by atoms with van der Waals surface area (Å²) < 4.78 is 7.38. The van der Waals surface area contributed by atoms with Crippen LogP contribution in [0.5, 0.6) is 0 Å². The van der Waals surface area contributed by atoms with Crippen molar-refractivity contribution >= 4 is 39.0 Å². The van der Waals surface area contributed by atoms with E-state index in [9.17, 15) is 0 Å². The molecule has 0 bridgehead atoms. The summed E-state index contributed by atoms with van der Waals surface area (Å²) in [7, 11) is 0. The maximum absolute atomic E-state index is 7.38. The molecule has 0 atom stereocenters. The first-order valence-electron chi connectivity index (χ1n) is 23.0. The van der Waals surface area contributed by atoms with Gasteiger partial charge in [0.2, 0.25) is 0 Å². The molecule has 61 heavy (non-hydrogen) atoms. The number of fused-ring (bicyclic) bond motifs is 9. The number of para-hydroxylation sites is 1. The highest BCUT2D eigenvalue weighted by Crippen LogP contribution is 2.52. The summed E-state index contributed by atoms with van der Waals surface area (Å²) in [5.74, 6) is 0.488. The Morgan fingerprint density at radius 1 is 0.525 bits per heavy atom. The van der Waals surface area contributed by atoms with Gasteiger partial charge in [-0.25, -0.2) is 0 Å². The minimum atomic E-state index is -0.120. The van der Waals surface area contributed by atoms with E-state index in [1.807, 2.05) is 0 Å². The van der Waals surface area contributed by atoms with Gasteiger partial charge in [-0.1, -0.05) is 151 Å². The Morgan fingerprint density at radius 2 is 1.20 bits per heavy atom. The van der Waals surface area contributed by atoms with Crippen molar-refractivity contribution in [2.45, 2.75) is 109 Å². The van der Waals surface area contributed by atoms with E-state index < -0.39 is 0 Å². The fourth-order valence-electron chi connectivity index (χ4n) is 11.2. The lowest BCUT2D eigenvalue weighted by molar-refractivity contribution is 0.442. The normalized spacial score (nSPS) is 16.1. The molecule has 3 aliphatic rings. The van der Waals surface area contributed by atoms with Crippen LogP contribution in [0.3, 0.4) is 0 Å². The van der Waals surface area contributed by atoms with E-state index in [2.05, 4.69) is 179 Å². The summed E-state index contributed by atoms with van der Waals surface area (Å²) in [5.41, 5.74) is 21.8. The van der Waals surface area contributed by atoms with Gasteiger partial charge in [-0.05, 0) is 159 Å². The van der Waals surface area contributed by atoms with Crippen molar-refractivity contribution < 1.29 is 4.42 Å². The molecule has 0 radical (unpaired) electrons. The van der Waals surface area contributed by atoms with Gasteiger partial charge < -0.3 is 9.32 Å². The number of hydrogen-bond acceptors (Lipinski definition) is 2. The van der Waals surface area contributed by atoms with Gasteiger partial charge in [0, 0.05) is 27.6 Å². The Labute approximate surface area is 362 Å². The largest absolute Gasteiger partial charge is 0.454 e. The third kappa shape index (κ3) is 6.44. The van der Waals surface area contributed by atoms with Gasteiger partial charge in [0.25, 0.3) is 0 Å². The Kier molecular flexibility index (Phi) is 9.15. The summed E-state index contributed by atoms with van der Waals surface area (Å²) in [6.45, 7) is 11.7. The monoisotopic (exact) mass is 795 g/mol. The molecular weight excluding hydrogens is 739 g/mol. The molecule has 1 aromatic heterocycles. The standard InChI is InChI=1S/C59H57NO/c1-58(2,3)43-28-26-38(27-29-43)42-35-51(40-16-7-6-8-17-40)56-52(36-42)50-23-15-25-55(57(50)61-56)60(45-31-33-49-48-22-13-14-24-53(48)59(4,5)54(49)37-45)44-30-32-47-41(34-44)20-10-9-18-39-19-11-12-21-46(39)47/h11-15,19,21-37,40H,6-10,16-18,20H2,1-5H3. The highest BCUT2D eigenvalue weighted by molar-refractivity contribution is 6.12. The fourth-order valence-corrected chi connectivity index (χ4v) is 11.2. The predicted octanol–water partition coefficient (Wildman–Crippen LogP) is 16.9. The first-order valence-corrected chi connectivity index (χ1v) is 23.0. The molecule has 0 saturated heterocycles. The summed E-state index contributed by atoms with van der Waals surface area (Å²) in [6, 6.07) is 53.4. The molecular formula is C59H57NO. The van der Waals surface area contributed by atoms with Gasteiger partial charge in [0.05, 0.1) is 5.69 Å². The topological polar surface area (TPSA) is 16.4 Å². The molecule has 0 aliphatic heterocycles. The van der Waals surface area contributed by atoms with Crippen LogP contribution in [0, 0.1) is 0 Å². The van der Waals surface area contributed by atoms with Crippen LogP contribution >= 0.6 is 0 Å². The zero-order valence-electron chi connectivity index (χ0n) is 36.6. The van der Waals surface area contributed by atoms with Gasteiger partial charge in [0.15, 0.2) is 5.58 Å². The average molecular weight is 796 g/mol. The molecule has 8 aromatic rings. The minimum Gasteiger partial charge on any atom is -0.454 e. The van der Waals surface area contributed by atoms with Gasteiger partial charge in [-0.2, -0.15) is 0 Å². The first kappa shape index (κ1) is 38.1. The second-order valence-corrected chi connectivity index (χ2v) is 19.8. The van der Waals surface area contributed by atoms with Crippen LogP contribution in [0.4, 0.5) is 17.1 Å². The van der Waals surface area contributed by atoms with Crippen molar-refractivity contribution in [1.82, 2.24) is 0 Å². The van der Waals surface area contributed by atoms with E-state index in [4.69, 9.17) is 4.42 Å². The molecule has 2 nitrogen and oxygen atoms in total. The molecule has 0 N–H and O–H groups in total. The molecule has 1 heterocycles. The van der Waals surface area contributed by atoms with E-state index in [1.54, 1.807) is 0 Å². The Hall–Kier alpha value is -5.86. The highest BCUT2D eigenvalue weighted by atomic mass is 16.3. The second kappa shape index (κ2) is 14.7. The van der Waals surface area contributed by atoms with E-state index in [0.717, 1.165) is 35.4 Å². The zero-order chi connectivity index (χ0) is 41.5. The fraction of sp³-hybridized carbons (Fsp3) is 0.288. The predicted molar refractivity (Wildman–Crippen MR) is 258 cm³/mol. The second-order valence-electron chi connectivity index (χ2n) is 19.8. The third-order valence-corrected chi connectivity index (χ3v) is 14.6. The smallest absolute Gasteiger partial charge is 0.159 e. The maximum atomic E-state index is 7.38. The number of aryl methyl sites for hydroxylation is 2. The molecule has 2 heteroatoms. The van der Waals surface area contributed by atoms with Gasteiger partial charge >= 0.3 is 0 Å². The molecule has 11 rings (SSSR count). The lowest BCUT2D eigenvalue weighted by atomic mass is 9.82. The lowest BCUT2D eigenvalue weighted by Crippen LogP contribution is -2.16. The summed E-state index contributed by atoms with van der Waals surface area (Å²) in [5, 5.41) is 2.40. The van der Waals surface area contributed by atoms with Crippen molar-refractivity contribution in [1.29, 1.82) is 0 Å². The van der Waals surface area contributed by atoms with Gasteiger partial charge in [0.1, 0.15) is 5.58 Å². The number of benzene rings is 7. The SMILES string of the molecule is CC(C)(C)c1ccc(-c2cc(C3CCCCC3)c3oc4c(N(c5ccc6c(c5)CCCCc5ccccc5-6)c5ccc6c(c5)C(C)(C)c5ccccc5-6)cccc4c3c2)cc1. The van der Waals surface area contributed by atoms with E-state index in [1.165, 1.54) is 128 Å². The lowest BCUT2D eigenvalue weighted by Gasteiger charge is -2.29. The van der Waals surface area contributed by atoms with Crippen LogP contribution in [-0.2, 0) is 23.7 Å².